The van der Waals surface area contributed by atoms with Crippen LogP contribution in [0.25, 0.3) is 0 Å². The number of urea groups is 1. The van der Waals surface area contributed by atoms with Crippen LogP contribution in [-0.2, 0) is 6.42 Å². The highest BCUT2D eigenvalue weighted by molar-refractivity contribution is 5.88. The number of carbonyl (C=O) groups is 1. The van der Waals surface area contributed by atoms with Crippen molar-refractivity contribution in [3.05, 3.63) is 47.8 Å². The van der Waals surface area contributed by atoms with Gasteiger partial charge in [-0.25, -0.2) is 14.2 Å². The number of nitrogens with zero attached hydrogens (tertiary/aromatic N) is 1. The fraction of sp³-hybridized carbons (Fsp3) is 0.286. The quantitative estimate of drug-likeness (QED) is 0.885. The minimum absolute atomic E-state index is 0.0575. The van der Waals surface area contributed by atoms with Gasteiger partial charge in [-0.1, -0.05) is 0 Å². The highest BCUT2D eigenvalue weighted by Gasteiger charge is 2.23. The Morgan fingerprint density at radius 1 is 1.40 bits per heavy atom. The molecule has 0 saturated heterocycles. The van der Waals surface area contributed by atoms with E-state index in [4.69, 9.17) is 4.42 Å². The van der Waals surface area contributed by atoms with Crippen LogP contribution in [0.1, 0.15) is 30.2 Å². The lowest BCUT2D eigenvalue weighted by Crippen LogP contribution is -2.34. The molecule has 1 aliphatic carbocycles. The van der Waals surface area contributed by atoms with Crippen LogP contribution in [0, 0.1) is 5.82 Å². The van der Waals surface area contributed by atoms with Crippen molar-refractivity contribution < 1.29 is 13.6 Å². The number of nitrogens with one attached hydrogen (secondary N) is 2. The minimum atomic E-state index is -0.439. The normalized spacial score (nSPS) is 17.4. The van der Waals surface area contributed by atoms with Gasteiger partial charge in [0.25, 0.3) is 0 Å². The van der Waals surface area contributed by atoms with Gasteiger partial charge in [0.05, 0.1) is 18.5 Å². The van der Waals surface area contributed by atoms with E-state index >= 15 is 0 Å². The van der Waals surface area contributed by atoms with Crippen LogP contribution < -0.4 is 10.6 Å². The van der Waals surface area contributed by atoms with Crippen molar-refractivity contribution >= 4 is 11.8 Å². The van der Waals surface area contributed by atoms with Gasteiger partial charge in [-0.2, -0.15) is 0 Å². The molecule has 2 heterocycles. The van der Waals surface area contributed by atoms with Gasteiger partial charge in [0.2, 0.25) is 0 Å². The summed E-state index contributed by atoms with van der Waals surface area (Å²) in [5.74, 6) is 0.805. The Kier molecular flexibility index (Phi) is 3.37. The third kappa shape index (κ3) is 2.64. The highest BCUT2D eigenvalue weighted by atomic mass is 19.1. The molecule has 2 N–H and O–H groups in total. The molecule has 2 amide bonds. The van der Waals surface area contributed by atoms with Crippen LogP contribution >= 0.6 is 0 Å². The zero-order valence-corrected chi connectivity index (χ0v) is 10.7. The fourth-order valence-corrected chi connectivity index (χ4v) is 2.40. The number of aromatic nitrogens is 1. The molecule has 20 heavy (non-hydrogen) atoms. The molecule has 0 bridgehead atoms. The van der Waals surface area contributed by atoms with Crippen molar-refractivity contribution in [2.45, 2.75) is 25.3 Å². The van der Waals surface area contributed by atoms with Crippen LogP contribution in [0.15, 0.2) is 35.1 Å². The molecule has 0 spiro atoms. The SMILES string of the molecule is O=C(Nc1ccc(F)cn1)N[C@@H]1CCCc2occc21. The Morgan fingerprint density at radius 2 is 2.30 bits per heavy atom. The lowest BCUT2D eigenvalue weighted by Gasteiger charge is -2.22. The van der Waals surface area contributed by atoms with Crippen LogP contribution in [0.5, 0.6) is 0 Å². The first-order chi connectivity index (χ1) is 9.72. The average molecular weight is 275 g/mol. The van der Waals surface area contributed by atoms with Crippen molar-refractivity contribution in [1.29, 1.82) is 0 Å². The summed E-state index contributed by atoms with van der Waals surface area (Å²) in [5.41, 5.74) is 1.03. The molecule has 0 saturated carbocycles. The number of fused-ring (bicyclic) bond motifs is 1. The van der Waals surface area contributed by atoms with Crippen LogP contribution in [0.2, 0.25) is 0 Å². The predicted octanol–water partition coefficient (Wildman–Crippen LogP) is 3.01. The summed E-state index contributed by atoms with van der Waals surface area (Å²) in [6, 6.07) is 4.13. The van der Waals surface area contributed by atoms with Gasteiger partial charge in [0.15, 0.2) is 0 Å². The minimum Gasteiger partial charge on any atom is -0.469 e. The molecule has 0 aliphatic heterocycles. The van der Waals surface area contributed by atoms with Gasteiger partial charge in [0.1, 0.15) is 17.4 Å². The van der Waals surface area contributed by atoms with Gasteiger partial charge in [-0.15, -0.1) is 0 Å². The Labute approximate surface area is 115 Å². The molecule has 6 heteroatoms. The summed E-state index contributed by atoms with van der Waals surface area (Å²) in [7, 11) is 0. The van der Waals surface area contributed by atoms with Crippen molar-refractivity contribution in [2.75, 3.05) is 5.32 Å². The fourth-order valence-electron chi connectivity index (χ4n) is 2.40. The number of amides is 2. The first kappa shape index (κ1) is 12.7. The van der Waals surface area contributed by atoms with Crippen molar-refractivity contribution in [1.82, 2.24) is 10.3 Å². The van der Waals surface area contributed by atoms with E-state index in [9.17, 15) is 9.18 Å². The first-order valence-electron chi connectivity index (χ1n) is 6.48. The number of pyridine rings is 1. The second kappa shape index (κ2) is 5.32. The Balaban J connectivity index is 1.64. The van der Waals surface area contributed by atoms with Gasteiger partial charge in [-0.05, 0) is 31.0 Å². The van der Waals surface area contributed by atoms with E-state index in [-0.39, 0.29) is 12.1 Å². The van der Waals surface area contributed by atoms with Crippen molar-refractivity contribution in [2.24, 2.45) is 0 Å². The number of halogens is 1. The molecular formula is C14H14FN3O2. The lowest BCUT2D eigenvalue weighted by atomic mass is 9.93. The van der Waals surface area contributed by atoms with E-state index in [2.05, 4.69) is 15.6 Å². The molecule has 0 fully saturated rings. The standard InChI is InChI=1S/C14H14FN3O2/c15-9-4-5-13(16-8-9)18-14(19)17-11-2-1-3-12-10(11)6-7-20-12/h4-8,11H,1-3H2,(H2,16,17,18,19)/t11-/m1/s1. The summed E-state index contributed by atoms with van der Waals surface area (Å²) < 4.78 is 18.1. The number of furan rings is 1. The molecule has 0 aromatic carbocycles. The summed E-state index contributed by atoms with van der Waals surface area (Å²) in [4.78, 5) is 15.7. The van der Waals surface area contributed by atoms with E-state index in [0.29, 0.717) is 5.82 Å². The third-order valence-corrected chi connectivity index (χ3v) is 3.33. The van der Waals surface area contributed by atoms with E-state index < -0.39 is 5.82 Å². The lowest BCUT2D eigenvalue weighted by molar-refractivity contribution is 0.246. The number of rotatable bonds is 2. The van der Waals surface area contributed by atoms with Gasteiger partial charge in [0, 0.05) is 12.0 Å². The second-order valence-electron chi connectivity index (χ2n) is 4.70. The number of hydrogen-bond donors (Lipinski definition) is 2. The molecule has 2 aromatic rings. The largest absolute Gasteiger partial charge is 0.469 e. The third-order valence-electron chi connectivity index (χ3n) is 3.33. The van der Waals surface area contributed by atoms with Gasteiger partial charge < -0.3 is 9.73 Å². The summed E-state index contributed by atoms with van der Waals surface area (Å²) in [5, 5.41) is 5.46. The number of aryl methyl sites for hydroxylation is 1. The molecule has 1 aliphatic rings. The summed E-state index contributed by atoms with van der Waals surface area (Å²) in [6.45, 7) is 0. The summed E-state index contributed by atoms with van der Waals surface area (Å²) >= 11 is 0. The van der Waals surface area contributed by atoms with Crippen LogP contribution in [-0.4, -0.2) is 11.0 Å². The molecule has 0 radical (unpaired) electrons. The van der Waals surface area contributed by atoms with E-state index in [1.165, 1.54) is 12.1 Å². The van der Waals surface area contributed by atoms with Gasteiger partial charge in [-0.3, -0.25) is 5.32 Å². The predicted molar refractivity (Wildman–Crippen MR) is 70.7 cm³/mol. The monoisotopic (exact) mass is 275 g/mol. The maximum Gasteiger partial charge on any atom is 0.320 e. The van der Waals surface area contributed by atoms with Crippen molar-refractivity contribution in [3.8, 4) is 0 Å². The zero-order chi connectivity index (χ0) is 13.9. The maximum atomic E-state index is 12.7. The highest BCUT2D eigenvalue weighted by Crippen LogP contribution is 2.30. The van der Waals surface area contributed by atoms with Crippen molar-refractivity contribution in [3.63, 3.8) is 0 Å². The van der Waals surface area contributed by atoms with E-state index in [0.717, 1.165) is 36.8 Å². The maximum absolute atomic E-state index is 12.7. The Hall–Kier alpha value is -2.37. The molecule has 0 unspecified atom stereocenters. The first-order valence-corrected chi connectivity index (χ1v) is 6.48. The molecule has 104 valence electrons. The second-order valence-corrected chi connectivity index (χ2v) is 4.70. The Bertz CT molecular complexity index is 609. The molecule has 1 atom stereocenters. The molecular weight excluding hydrogens is 261 g/mol. The zero-order valence-electron chi connectivity index (χ0n) is 10.7. The van der Waals surface area contributed by atoms with Crippen LogP contribution in [0.3, 0.4) is 0 Å². The number of anilines is 1. The number of carbonyl (C=O) groups excluding carboxylic acids is 1. The molecule has 3 rings (SSSR count). The van der Waals surface area contributed by atoms with Crippen LogP contribution in [0.4, 0.5) is 15.0 Å². The average Bonchev–Trinajstić information content (AvgIpc) is 2.91. The molecule has 2 aromatic heterocycles. The summed E-state index contributed by atoms with van der Waals surface area (Å²) in [6.07, 6.45) is 5.45. The smallest absolute Gasteiger partial charge is 0.320 e. The van der Waals surface area contributed by atoms with Gasteiger partial charge >= 0.3 is 6.03 Å². The van der Waals surface area contributed by atoms with E-state index in [1.807, 2.05) is 6.07 Å². The number of hydrogen-bond acceptors (Lipinski definition) is 3. The Morgan fingerprint density at radius 3 is 3.10 bits per heavy atom. The molecule has 5 nitrogen and oxygen atoms in total. The topological polar surface area (TPSA) is 67.2 Å². The van der Waals surface area contributed by atoms with E-state index in [1.54, 1.807) is 6.26 Å².